The predicted molar refractivity (Wildman–Crippen MR) is 71.1 cm³/mol. The molecule has 0 saturated heterocycles. The molecule has 0 heterocycles. The van der Waals surface area contributed by atoms with Gasteiger partial charge < -0.3 is 20.5 Å². The Kier molecular flexibility index (Phi) is 6.17. The Morgan fingerprint density at radius 1 is 1.45 bits per heavy atom. The van der Waals surface area contributed by atoms with Crippen LogP contribution >= 0.6 is 0 Å². The molecular formula is C13H18F2N2O3. The first kappa shape index (κ1) is 16.2. The van der Waals surface area contributed by atoms with Gasteiger partial charge >= 0.3 is 6.61 Å². The number of carbonyl (C=O) groups excluding carboxylic acids is 1. The van der Waals surface area contributed by atoms with Gasteiger partial charge in [0.25, 0.3) is 0 Å². The number of rotatable bonds is 7. The van der Waals surface area contributed by atoms with Crippen molar-refractivity contribution < 1.29 is 23.0 Å². The number of hydrogen-bond acceptors (Lipinski definition) is 4. The van der Waals surface area contributed by atoms with Crippen LogP contribution in [-0.4, -0.2) is 25.7 Å². The number of nitrogens with two attached hydrogens (primary N) is 1. The van der Waals surface area contributed by atoms with Gasteiger partial charge in [0.2, 0.25) is 5.91 Å². The smallest absolute Gasteiger partial charge is 0.387 e. The summed E-state index contributed by atoms with van der Waals surface area (Å²) in [4.78, 5) is 11.7. The fourth-order valence-electron chi connectivity index (χ4n) is 1.50. The quantitative estimate of drug-likeness (QED) is 0.807. The molecule has 1 amide bonds. The second-order valence-electron chi connectivity index (χ2n) is 4.30. The van der Waals surface area contributed by atoms with Gasteiger partial charge in [-0.05, 0) is 25.5 Å². The van der Waals surface area contributed by atoms with Crippen LogP contribution in [0, 0.1) is 0 Å². The molecule has 7 heteroatoms. The summed E-state index contributed by atoms with van der Waals surface area (Å²) in [7, 11) is 1.44. The third-order valence-electron chi connectivity index (χ3n) is 2.50. The molecule has 0 aliphatic heterocycles. The first-order valence-electron chi connectivity index (χ1n) is 6.10. The highest BCUT2D eigenvalue weighted by Gasteiger charge is 2.13. The monoisotopic (exact) mass is 288 g/mol. The van der Waals surface area contributed by atoms with Gasteiger partial charge in [-0.25, -0.2) is 0 Å². The summed E-state index contributed by atoms with van der Waals surface area (Å²) in [5.74, 6) is -0.0151. The molecule has 0 fully saturated rings. The molecule has 3 N–H and O–H groups in total. The highest BCUT2D eigenvalue weighted by atomic mass is 19.3. The number of ether oxygens (including phenoxy) is 2. The first-order valence-corrected chi connectivity index (χ1v) is 6.10. The Bertz CT molecular complexity index is 453. The van der Waals surface area contributed by atoms with E-state index in [1.807, 2.05) is 0 Å². The van der Waals surface area contributed by atoms with Crippen molar-refractivity contribution in [1.29, 1.82) is 0 Å². The fourth-order valence-corrected chi connectivity index (χ4v) is 1.50. The van der Waals surface area contributed by atoms with Crippen LogP contribution in [0.5, 0.6) is 11.5 Å². The predicted octanol–water partition coefficient (Wildman–Crippen LogP) is 2.36. The lowest BCUT2D eigenvalue weighted by atomic mass is 10.2. The molecule has 1 atom stereocenters. The molecule has 0 saturated carbocycles. The van der Waals surface area contributed by atoms with Gasteiger partial charge in [0.05, 0.1) is 12.8 Å². The highest BCUT2D eigenvalue weighted by molar-refractivity contribution is 5.92. The van der Waals surface area contributed by atoms with Crippen molar-refractivity contribution in [2.75, 3.05) is 12.4 Å². The molecule has 5 nitrogen and oxygen atoms in total. The summed E-state index contributed by atoms with van der Waals surface area (Å²) in [6, 6.07) is 4.09. The van der Waals surface area contributed by atoms with Crippen LogP contribution in [0.25, 0.3) is 0 Å². The topological polar surface area (TPSA) is 73.6 Å². The van der Waals surface area contributed by atoms with Crippen molar-refractivity contribution in [2.24, 2.45) is 5.73 Å². The van der Waals surface area contributed by atoms with Crippen LogP contribution in [0.2, 0.25) is 0 Å². The Morgan fingerprint density at radius 2 is 2.15 bits per heavy atom. The Morgan fingerprint density at radius 3 is 2.70 bits per heavy atom. The summed E-state index contributed by atoms with van der Waals surface area (Å²) in [5, 5.41) is 2.51. The number of methoxy groups -OCH3 is 1. The van der Waals surface area contributed by atoms with E-state index in [2.05, 4.69) is 10.1 Å². The van der Waals surface area contributed by atoms with Crippen molar-refractivity contribution in [2.45, 2.75) is 32.4 Å². The molecule has 0 aromatic heterocycles. The second kappa shape index (κ2) is 7.64. The van der Waals surface area contributed by atoms with Gasteiger partial charge in [0.1, 0.15) is 11.5 Å². The third-order valence-corrected chi connectivity index (χ3v) is 2.50. The van der Waals surface area contributed by atoms with Gasteiger partial charge in [-0.3, -0.25) is 4.79 Å². The molecule has 112 valence electrons. The molecule has 1 unspecified atom stereocenters. The minimum atomic E-state index is -2.97. The maximum absolute atomic E-state index is 12.3. The Labute approximate surface area is 116 Å². The number of amides is 1. The first-order chi connectivity index (χ1) is 9.42. The lowest BCUT2D eigenvalue weighted by molar-refractivity contribution is -0.116. The van der Waals surface area contributed by atoms with Crippen LogP contribution in [0.3, 0.4) is 0 Å². The molecule has 1 rings (SSSR count). The van der Waals surface area contributed by atoms with Gasteiger partial charge in [-0.2, -0.15) is 8.78 Å². The van der Waals surface area contributed by atoms with Crippen molar-refractivity contribution in [3.63, 3.8) is 0 Å². The van der Waals surface area contributed by atoms with Crippen LogP contribution in [0.4, 0.5) is 14.5 Å². The SMILES string of the molecule is COc1ccc(OC(F)F)c(NC(=O)CCC(C)N)c1. The van der Waals surface area contributed by atoms with Gasteiger partial charge in [-0.15, -0.1) is 0 Å². The molecule has 0 radical (unpaired) electrons. The summed E-state index contributed by atoms with van der Waals surface area (Å²) < 4.78 is 33.9. The summed E-state index contributed by atoms with van der Waals surface area (Å²) in [5.41, 5.74) is 5.69. The van der Waals surface area contributed by atoms with E-state index in [9.17, 15) is 13.6 Å². The average molecular weight is 288 g/mol. The van der Waals surface area contributed by atoms with Crippen molar-refractivity contribution in [1.82, 2.24) is 0 Å². The van der Waals surface area contributed by atoms with E-state index < -0.39 is 6.61 Å². The zero-order valence-corrected chi connectivity index (χ0v) is 11.4. The summed E-state index contributed by atoms with van der Waals surface area (Å²) in [6.07, 6.45) is 0.698. The van der Waals surface area contributed by atoms with Gasteiger partial charge in [0.15, 0.2) is 0 Å². The minimum absolute atomic E-state index is 0.108. The number of carbonyl (C=O) groups is 1. The van der Waals surface area contributed by atoms with Crippen molar-refractivity contribution in [3.8, 4) is 11.5 Å². The van der Waals surface area contributed by atoms with E-state index in [4.69, 9.17) is 10.5 Å². The van der Waals surface area contributed by atoms with E-state index >= 15 is 0 Å². The van der Waals surface area contributed by atoms with Crippen molar-refractivity contribution >= 4 is 11.6 Å². The number of hydrogen-bond donors (Lipinski definition) is 2. The molecule has 0 spiro atoms. The van der Waals surface area contributed by atoms with E-state index in [-0.39, 0.29) is 29.8 Å². The second-order valence-corrected chi connectivity index (χ2v) is 4.30. The lowest BCUT2D eigenvalue weighted by Crippen LogP contribution is -2.20. The molecule has 1 aromatic rings. The van der Waals surface area contributed by atoms with Gasteiger partial charge in [-0.1, -0.05) is 0 Å². The maximum Gasteiger partial charge on any atom is 0.387 e. The zero-order valence-electron chi connectivity index (χ0n) is 11.4. The van der Waals surface area contributed by atoms with E-state index in [1.54, 1.807) is 6.92 Å². The lowest BCUT2D eigenvalue weighted by Gasteiger charge is -2.13. The number of benzene rings is 1. The highest BCUT2D eigenvalue weighted by Crippen LogP contribution is 2.30. The standard InChI is InChI=1S/C13H18F2N2O3/c1-8(16)3-6-12(18)17-10-7-9(19-2)4-5-11(10)20-13(14)15/h4-5,7-8,13H,3,6,16H2,1-2H3,(H,17,18). The van der Waals surface area contributed by atoms with Crippen LogP contribution in [-0.2, 0) is 4.79 Å². The summed E-state index contributed by atoms with van der Waals surface area (Å²) >= 11 is 0. The van der Waals surface area contributed by atoms with E-state index in [1.165, 1.54) is 25.3 Å². The third kappa shape index (κ3) is 5.40. The number of nitrogens with one attached hydrogen (secondary N) is 1. The van der Waals surface area contributed by atoms with E-state index in [0.29, 0.717) is 12.2 Å². The van der Waals surface area contributed by atoms with Crippen LogP contribution in [0.15, 0.2) is 18.2 Å². The summed E-state index contributed by atoms with van der Waals surface area (Å²) in [6.45, 7) is -1.19. The zero-order chi connectivity index (χ0) is 15.1. The average Bonchev–Trinajstić information content (AvgIpc) is 2.38. The largest absolute Gasteiger partial charge is 0.497 e. The Hall–Kier alpha value is -1.89. The molecule has 0 bridgehead atoms. The molecule has 0 aliphatic carbocycles. The number of halogens is 2. The van der Waals surface area contributed by atoms with Crippen LogP contribution in [0.1, 0.15) is 19.8 Å². The van der Waals surface area contributed by atoms with Crippen LogP contribution < -0.4 is 20.5 Å². The minimum Gasteiger partial charge on any atom is -0.497 e. The molecular weight excluding hydrogens is 270 g/mol. The normalized spacial score (nSPS) is 12.1. The Balaban J connectivity index is 2.81. The number of anilines is 1. The molecule has 20 heavy (non-hydrogen) atoms. The number of alkyl halides is 2. The van der Waals surface area contributed by atoms with E-state index in [0.717, 1.165) is 0 Å². The van der Waals surface area contributed by atoms with Crippen molar-refractivity contribution in [3.05, 3.63) is 18.2 Å². The molecule has 1 aromatic carbocycles. The molecule has 0 aliphatic rings. The fraction of sp³-hybridized carbons (Fsp3) is 0.462. The maximum atomic E-state index is 12.3. The van der Waals surface area contributed by atoms with Gasteiger partial charge in [0, 0.05) is 18.5 Å².